The fourth-order valence-corrected chi connectivity index (χ4v) is 3.80. The smallest absolute Gasteiger partial charge is 0.265 e. The molecule has 1 aliphatic rings. The molecule has 6 heteroatoms. The van der Waals surface area contributed by atoms with Crippen LogP contribution in [0, 0.1) is 0 Å². The number of morpholine rings is 1. The number of benzene rings is 2. The lowest BCUT2D eigenvalue weighted by Gasteiger charge is -2.28. The Morgan fingerprint density at radius 1 is 1.12 bits per heavy atom. The predicted octanol–water partition coefficient (Wildman–Crippen LogP) is 5.31. The Hall–Kier alpha value is -1.34. The molecular formula is C20H20BrNO2S2. The van der Waals surface area contributed by atoms with Gasteiger partial charge in [-0.1, -0.05) is 58.4 Å². The highest BCUT2D eigenvalue weighted by Gasteiger charge is 2.17. The van der Waals surface area contributed by atoms with Gasteiger partial charge in [-0.3, -0.25) is 0 Å². The highest BCUT2D eigenvalue weighted by molar-refractivity contribution is 9.10. The van der Waals surface area contributed by atoms with Crippen molar-refractivity contribution in [1.82, 2.24) is 4.90 Å². The molecule has 0 bridgehead atoms. The van der Waals surface area contributed by atoms with E-state index in [1.807, 2.05) is 40.6 Å². The van der Waals surface area contributed by atoms with E-state index in [1.54, 1.807) is 11.8 Å². The minimum Gasteiger partial charge on any atom is -0.431 e. The van der Waals surface area contributed by atoms with Crippen LogP contribution in [0.5, 0.6) is 0 Å². The van der Waals surface area contributed by atoms with Crippen molar-refractivity contribution >= 4 is 50.8 Å². The summed E-state index contributed by atoms with van der Waals surface area (Å²) < 4.78 is 12.5. The number of rotatable bonds is 5. The summed E-state index contributed by atoms with van der Waals surface area (Å²) in [5.74, 6) is 1.66. The van der Waals surface area contributed by atoms with Crippen molar-refractivity contribution in [3.8, 4) is 0 Å². The zero-order chi connectivity index (χ0) is 18.2. The third-order valence-corrected chi connectivity index (χ3v) is 5.63. The minimum atomic E-state index is 0.503. The van der Waals surface area contributed by atoms with Gasteiger partial charge in [-0.05, 0) is 29.9 Å². The Morgan fingerprint density at radius 2 is 1.81 bits per heavy atom. The van der Waals surface area contributed by atoms with E-state index in [0.717, 1.165) is 34.6 Å². The lowest BCUT2D eigenvalue weighted by atomic mass is 10.2. The molecule has 0 N–H and O–H groups in total. The predicted molar refractivity (Wildman–Crippen MR) is 116 cm³/mol. The van der Waals surface area contributed by atoms with Crippen molar-refractivity contribution in [3.05, 3.63) is 75.6 Å². The van der Waals surface area contributed by atoms with Crippen LogP contribution in [0.4, 0.5) is 0 Å². The number of ether oxygens (including phenoxy) is 2. The molecule has 3 rings (SSSR count). The topological polar surface area (TPSA) is 21.7 Å². The molecule has 0 aliphatic carbocycles. The molecule has 1 fully saturated rings. The van der Waals surface area contributed by atoms with Crippen LogP contribution in [0.15, 0.2) is 64.5 Å². The fraction of sp³-hybridized carbons (Fsp3) is 0.250. The van der Waals surface area contributed by atoms with E-state index in [1.165, 1.54) is 5.56 Å². The van der Waals surface area contributed by atoms with Gasteiger partial charge in [0.25, 0.3) is 5.17 Å². The van der Waals surface area contributed by atoms with Crippen molar-refractivity contribution in [2.24, 2.45) is 0 Å². The van der Waals surface area contributed by atoms with E-state index in [4.69, 9.17) is 21.7 Å². The Balaban J connectivity index is 1.71. The van der Waals surface area contributed by atoms with E-state index in [9.17, 15) is 0 Å². The number of hydrogen-bond donors (Lipinski definition) is 0. The normalized spacial score (nSPS) is 15.0. The maximum absolute atomic E-state index is 6.08. The van der Waals surface area contributed by atoms with Gasteiger partial charge in [0.2, 0.25) is 0 Å². The minimum absolute atomic E-state index is 0.503. The molecule has 3 nitrogen and oxygen atoms in total. The summed E-state index contributed by atoms with van der Waals surface area (Å²) in [6.07, 6.45) is 0. The SMILES string of the molecule is S=C(OC(=CSCc1ccccc1)c1ccc(Br)cc1)N1CCOCC1. The number of nitrogens with zero attached hydrogens (tertiary/aromatic N) is 1. The van der Waals surface area contributed by atoms with Gasteiger partial charge in [-0.15, -0.1) is 11.8 Å². The van der Waals surface area contributed by atoms with Crippen molar-refractivity contribution in [2.75, 3.05) is 26.3 Å². The molecule has 2 aromatic rings. The maximum atomic E-state index is 6.08. The third kappa shape index (κ3) is 5.84. The molecular weight excluding hydrogens is 430 g/mol. The monoisotopic (exact) mass is 449 g/mol. The molecule has 1 saturated heterocycles. The number of halogens is 1. The zero-order valence-corrected chi connectivity index (χ0v) is 17.5. The Kier molecular flexibility index (Phi) is 7.55. The molecule has 0 atom stereocenters. The van der Waals surface area contributed by atoms with E-state index >= 15 is 0 Å². The van der Waals surface area contributed by atoms with E-state index in [-0.39, 0.29) is 0 Å². The molecule has 2 aromatic carbocycles. The van der Waals surface area contributed by atoms with Crippen LogP contribution in [-0.2, 0) is 15.2 Å². The summed E-state index contributed by atoms with van der Waals surface area (Å²) in [7, 11) is 0. The van der Waals surface area contributed by atoms with E-state index in [2.05, 4.69) is 40.2 Å². The molecule has 26 heavy (non-hydrogen) atoms. The van der Waals surface area contributed by atoms with Crippen LogP contribution in [0.2, 0.25) is 0 Å². The standard InChI is InChI=1S/C20H20BrNO2S2/c21-18-8-6-17(7-9-18)19(15-26-14-16-4-2-1-3-5-16)24-20(25)22-10-12-23-13-11-22/h1-9,15H,10-14H2. The van der Waals surface area contributed by atoms with Gasteiger partial charge < -0.3 is 14.4 Å². The highest BCUT2D eigenvalue weighted by Crippen LogP contribution is 2.25. The second-order valence-corrected chi connectivity index (χ2v) is 7.88. The highest BCUT2D eigenvalue weighted by atomic mass is 79.9. The Morgan fingerprint density at radius 3 is 2.50 bits per heavy atom. The zero-order valence-electron chi connectivity index (χ0n) is 14.3. The first-order valence-electron chi connectivity index (χ1n) is 8.38. The number of hydrogen-bond acceptors (Lipinski definition) is 4. The van der Waals surface area contributed by atoms with Crippen LogP contribution >= 0.6 is 39.9 Å². The van der Waals surface area contributed by atoms with E-state index in [0.29, 0.717) is 18.4 Å². The maximum Gasteiger partial charge on any atom is 0.265 e. The quantitative estimate of drug-likeness (QED) is 0.453. The van der Waals surface area contributed by atoms with Gasteiger partial charge >= 0.3 is 0 Å². The summed E-state index contributed by atoms with van der Waals surface area (Å²) in [5.41, 5.74) is 2.28. The molecule has 0 amide bonds. The van der Waals surface area contributed by atoms with Crippen molar-refractivity contribution in [2.45, 2.75) is 5.75 Å². The summed E-state index contributed by atoms with van der Waals surface area (Å²) >= 11 is 10.7. The van der Waals surface area contributed by atoms with Crippen molar-refractivity contribution in [1.29, 1.82) is 0 Å². The van der Waals surface area contributed by atoms with Crippen molar-refractivity contribution < 1.29 is 9.47 Å². The average molecular weight is 450 g/mol. The molecule has 0 saturated carbocycles. The van der Waals surface area contributed by atoms with Crippen molar-refractivity contribution in [3.63, 3.8) is 0 Å². The second kappa shape index (κ2) is 10.1. The first-order chi connectivity index (χ1) is 12.7. The van der Waals surface area contributed by atoms with Gasteiger partial charge in [0.1, 0.15) is 5.76 Å². The molecule has 0 unspecified atom stereocenters. The van der Waals surface area contributed by atoms with Crippen LogP contribution in [0.25, 0.3) is 5.76 Å². The molecule has 1 heterocycles. The second-order valence-electron chi connectivity index (χ2n) is 5.75. The number of thioether (sulfide) groups is 1. The van der Waals surface area contributed by atoms with Gasteiger partial charge in [0.05, 0.1) is 13.2 Å². The Bertz CT molecular complexity index is 744. The lowest BCUT2D eigenvalue weighted by Crippen LogP contribution is -2.40. The van der Waals surface area contributed by atoms with Gasteiger partial charge in [0, 0.05) is 34.3 Å². The largest absolute Gasteiger partial charge is 0.431 e. The molecule has 0 spiro atoms. The van der Waals surface area contributed by atoms with Crippen LogP contribution < -0.4 is 0 Å². The first-order valence-corrected chi connectivity index (χ1v) is 10.6. The third-order valence-electron chi connectivity index (χ3n) is 3.88. The summed E-state index contributed by atoms with van der Waals surface area (Å²) in [4.78, 5) is 2.05. The average Bonchev–Trinajstić information content (AvgIpc) is 2.69. The molecule has 0 radical (unpaired) electrons. The van der Waals surface area contributed by atoms with Crippen LogP contribution in [-0.4, -0.2) is 36.4 Å². The molecule has 136 valence electrons. The van der Waals surface area contributed by atoms with Gasteiger partial charge in [0.15, 0.2) is 0 Å². The Labute approximate surface area is 172 Å². The van der Waals surface area contributed by atoms with Gasteiger partial charge in [-0.25, -0.2) is 0 Å². The first kappa shape index (κ1) is 19.4. The van der Waals surface area contributed by atoms with Crippen LogP contribution in [0.3, 0.4) is 0 Å². The molecule has 1 aliphatic heterocycles. The number of thiocarbonyl (C=S) groups is 1. The van der Waals surface area contributed by atoms with Gasteiger partial charge in [-0.2, -0.15) is 0 Å². The fourth-order valence-electron chi connectivity index (χ4n) is 2.46. The summed E-state index contributed by atoms with van der Waals surface area (Å²) in [6.45, 7) is 2.90. The van der Waals surface area contributed by atoms with Crippen LogP contribution in [0.1, 0.15) is 11.1 Å². The lowest BCUT2D eigenvalue weighted by molar-refractivity contribution is 0.0622. The summed E-state index contributed by atoms with van der Waals surface area (Å²) in [6, 6.07) is 18.5. The molecule has 0 aromatic heterocycles. The summed E-state index contributed by atoms with van der Waals surface area (Å²) in [5, 5.41) is 2.55. The van der Waals surface area contributed by atoms with E-state index < -0.39 is 0 Å².